The zero-order chi connectivity index (χ0) is 13.1. The monoisotopic (exact) mass is 300 g/mol. The van der Waals surface area contributed by atoms with Crippen LogP contribution < -0.4 is 5.73 Å². The molecule has 5 heteroatoms. The Labute approximate surface area is 125 Å². The van der Waals surface area contributed by atoms with Crippen molar-refractivity contribution in [3.8, 4) is 0 Å². The summed E-state index contributed by atoms with van der Waals surface area (Å²) in [5.74, 6) is 0.584. The van der Waals surface area contributed by atoms with Crippen LogP contribution in [0.25, 0.3) is 0 Å². The Morgan fingerprint density at radius 3 is 2.53 bits per heavy atom. The van der Waals surface area contributed by atoms with Crippen LogP contribution in [0.15, 0.2) is 29.2 Å². The number of nitrogens with zero attached hydrogens (tertiary/aromatic N) is 1. The van der Waals surface area contributed by atoms with Gasteiger partial charge in [-0.2, -0.15) is 0 Å². The molecule has 1 amide bonds. The molecule has 1 aliphatic heterocycles. The topological polar surface area (TPSA) is 46.3 Å². The largest absolute Gasteiger partial charge is 0.336 e. The van der Waals surface area contributed by atoms with E-state index in [9.17, 15) is 4.79 Å². The number of benzene rings is 1. The molecule has 2 rings (SSSR count). The van der Waals surface area contributed by atoms with Crippen molar-refractivity contribution in [1.29, 1.82) is 0 Å². The molecule has 0 aliphatic carbocycles. The predicted octanol–water partition coefficient (Wildman–Crippen LogP) is 2.64. The predicted molar refractivity (Wildman–Crippen MR) is 83.1 cm³/mol. The lowest BCUT2D eigenvalue weighted by Gasteiger charge is -2.21. The first-order valence-electron chi connectivity index (χ1n) is 6.30. The van der Waals surface area contributed by atoms with E-state index >= 15 is 0 Å². The summed E-state index contributed by atoms with van der Waals surface area (Å²) in [6, 6.07) is 8.12. The first-order chi connectivity index (χ1) is 8.65. The molecule has 2 atom stereocenters. The Morgan fingerprint density at radius 1 is 1.42 bits per heavy atom. The molecule has 0 spiro atoms. The maximum absolute atomic E-state index is 12.4. The number of carbonyl (C=O) groups excluding carboxylic acids is 1. The Balaban J connectivity index is 0.00000180. The summed E-state index contributed by atoms with van der Waals surface area (Å²) in [6.07, 6.45) is 3.05. The lowest BCUT2D eigenvalue weighted by molar-refractivity contribution is 0.0743. The number of amides is 1. The van der Waals surface area contributed by atoms with Gasteiger partial charge in [-0.1, -0.05) is 0 Å². The first-order valence-corrected chi connectivity index (χ1v) is 7.53. The summed E-state index contributed by atoms with van der Waals surface area (Å²) in [7, 11) is 0. The number of nitrogens with two attached hydrogens (primary N) is 1. The van der Waals surface area contributed by atoms with E-state index < -0.39 is 0 Å². The number of rotatable bonds is 3. The summed E-state index contributed by atoms with van der Waals surface area (Å²) in [6.45, 7) is 3.56. The maximum atomic E-state index is 12.4. The molecule has 1 saturated heterocycles. The highest BCUT2D eigenvalue weighted by Crippen LogP contribution is 2.24. The van der Waals surface area contributed by atoms with Gasteiger partial charge in [0.1, 0.15) is 0 Å². The van der Waals surface area contributed by atoms with Crippen molar-refractivity contribution in [2.24, 2.45) is 11.7 Å². The minimum Gasteiger partial charge on any atom is -0.336 e. The standard InChI is InChI=1S/C14H20N2OS.ClH/c1-10-7-11(8-15)9-16(10)14(17)12-3-5-13(18-2)6-4-12;/h3-6,10-11H,7-9,15H2,1-2H3;1H. The first kappa shape index (κ1) is 16.3. The lowest BCUT2D eigenvalue weighted by Crippen LogP contribution is -2.34. The van der Waals surface area contributed by atoms with Gasteiger partial charge in [0, 0.05) is 23.0 Å². The zero-order valence-electron chi connectivity index (χ0n) is 11.3. The van der Waals surface area contributed by atoms with Gasteiger partial charge in [-0.15, -0.1) is 24.2 Å². The lowest BCUT2D eigenvalue weighted by atomic mass is 10.1. The van der Waals surface area contributed by atoms with Crippen molar-refractivity contribution in [2.45, 2.75) is 24.3 Å². The van der Waals surface area contributed by atoms with Crippen molar-refractivity contribution in [2.75, 3.05) is 19.3 Å². The summed E-state index contributed by atoms with van der Waals surface area (Å²) in [4.78, 5) is 15.5. The second-order valence-corrected chi connectivity index (χ2v) is 5.75. The molecule has 1 aliphatic rings. The van der Waals surface area contributed by atoms with Crippen LogP contribution in [0.3, 0.4) is 0 Å². The van der Waals surface area contributed by atoms with E-state index in [0.717, 1.165) is 18.5 Å². The van der Waals surface area contributed by atoms with E-state index in [-0.39, 0.29) is 18.3 Å². The summed E-state index contributed by atoms with van der Waals surface area (Å²) >= 11 is 1.68. The third kappa shape index (κ3) is 3.65. The Hall–Kier alpha value is -0.710. The van der Waals surface area contributed by atoms with E-state index in [1.54, 1.807) is 11.8 Å². The van der Waals surface area contributed by atoms with Gasteiger partial charge in [0.25, 0.3) is 5.91 Å². The normalized spacial score (nSPS) is 22.2. The molecule has 1 heterocycles. The maximum Gasteiger partial charge on any atom is 0.254 e. The average Bonchev–Trinajstić information content (AvgIpc) is 2.79. The number of hydrogen-bond donors (Lipinski definition) is 1. The number of hydrogen-bond acceptors (Lipinski definition) is 3. The molecule has 0 bridgehead atoms. The smallest absolute Gasteiger partial charge is 0.254 e. The van der Waals surface area contributed by atoms with Gasteiger partial charge in [-0.05, 0) is 56.3 Å². The van der Waals surface area contributed by atoms with E-state index in [4.69, 9.17) is 5.73 Å². The van der Waals surface area contributed by atoms with Crippen LogP contribution in [0.2, 0.25) is 0 Å². The van der Waals surface area contributed by atoms with Gasteiger partial charge >= 0.3 is 0 Å². The van der Waals surface area contributed by atoms with Crippen molar-refractivity contribution in [3.63, 3.8) is 0 Å². The van der Waals surface area contributed by atoms with Gasteiger partial charge in [0.05, 0.1) is 0 Å². The molecule has 2 unspecified atom stereocenters. The molecule has 19 heavy (non-hydrogen) atoms. The molecule has 0 saturated carbocycles. The number of halogens is 1. The zero-order valence-corrected chi connectivity index (χ0v) is 13.0. The minimum atomic E-state index is 0. The quantitative estimate of drug-likeness (QED) is 0.873. The van der Waals surface area contributed by atoms with Crippen molar-refractivity contribution < 1.29 is 4.79 Å². The highest BCUT2D eigenvalue weighted by atomic mass is 35.5. The SMILES string of the molecule is CSc1ccc(C(=O)N2CC(CN)CC2C)cc1.Cl. The molecule has 1 fully saturated rings. The molecule has 106 valence electrons. The van der Waals surface area contributed by atoms with E-state index in [1.807, 2.05) is 35.4 Å². The fraction of sp³-hybridized carbons (Fsp3) is 0.500. The highest BCUT2D eigenvalue weighted by molar-refractivity contribution is 7.98. The third-order valence-electron chi connectivity index (χ3n) is 3.59. The summed E-state index contributed by atoms with van der Waals surface area (Å²) < 4.78 is 0. The molecule has 3 nitrogen and oxygen atoms in total. The second kappa shape index (κ2) is 7.17. The van der Waals surface area contributed by atoms with Gasteiger partial charge in [0.15, 0.2) is 0 Å². The van der Waals surface area contributed by atoms with E-state index in [0.29, 0.717) is 18.5 Å². The molecule has 0 radical (unpaired) electrons. The van der Waals surface area contributed by atoms with Crippen LogP contribution >= 0.6 is 24.2 Å². The van der Waals surface area contributed by atoms with Gasteiger partial charge in [-0.3, -0.25) is 4.79 Å². The van der Waals surface area contributed by atoms with Crippen LogP contribution in [0.4, 0.5) is 0 Å². The third-order valence-corrected chi connectivity index (χ3v) is 4.34. The molecule has 2 N–H and O–H groups in total. The average molecular weight is 301 g/mol. The minimum absolute atomic E-state index is 0. The molecule has 1 aromatic rings. The number of thioether (sulfide) groups is 1. The Morgan fingerprint density at radius 2 is 2.05 bits per heavy atom. The molecular formula is C14H21ClN2OS. The number of likely N-dealkylation sites (tertiary alicyclic amines) is 1. The van der Waals surface area contributed by atoms with Gasteiger partial charge in [0.2, 0.25) is 0 Å². The number of carbonyl (C=O) groups is 1. The van der Waals surface area contributed by atoms with Crippen LogP contribution in [-0.4, -0.2) is 36.2 Å². The molecule has 0 aromatic heterocycles. The Kier molecular flexibility index (Phi) is 6.17. The van der Waals surface area contributed by atoms with E-state index in [1.165, 1.54) is 4.90 Å². The van der Waals surface area contributed by atoms with Gasteiger partial charge < -0.3 is 10.6 Å². The fourth-order valence-electron chi connectivity index (χ4n) is 2.50. The van der Waals surface area contributed by atoms with Crippen molar-refractivity contribution in [1.82, 2.24) is 4.90 Å². The summed E-state index contributed by atoms with van der Waals surface area (Å²) in [5.41, 5.74) is 6.47. The van der Waals surface area contributed by atoms with Gasteiger partial charge in [-0.25, -0.2) is 0 Å². The Bertz CT molecular complexity index is 424. The summed E-state index contributed by atoms with van der Waals surface area (Å²) in [5, 5.41) is 0. The second-order valence-electron chi connectivity index (χ2n) is 4.87. The highest BCUT2D eigenvalue weighted by Gasteiger charge is 2.31. The fourth-order valence-corrected chi connectivity index (χ4v) is 2.90. The van der Waals surface area contributed by atoms with Crippen LogP contribution in [0.5, 0.6) is 0 Å². The van der Waals surface area contributed by atoms with Crippen LogP contribution in [-0.2, 0) is 0 Å². The van der Waals surface area contributed by atoms with Crippen molar-refractivity contribution in [3.05, 3.63) is 29.8 Å². The van der Waals surface area contributed by atoms with Crippen LogP contribution in [0, 0.1) is 5.92 Å². The molecular weight excluding hydrogens is 280 g/mol. The van der Waals surface area contributed by atoms with Crippen molar-refractivity contribution >= 4 is 30.1 Å². The van der Waals surface area contributed by atoms with E-state index in [2.05, 4.69) is 6.92 Å². The van der Waals surface area contributed by atoms with Crippen LogP contribution in [0.1, 0.15) is 23.7 Å². The molecule has 1 aromatic carbocycles.